The molecule has 0 N–H and O–H groups in total. The Bertz CT molecular complexity index is 666. The number of rotatable bonds is 5. The number of hydrogen-bond donors (Lipinski definition) is 0. The zero-order valence-corrected chi connectivity index (χ0v) is 15.4. The molecule has 0 amide bonds. The molecule has 2 rings (SSSR count). The SMILES string of the molecule is CN(C)c1nc(Cl)nc(Sc2nc(N(C)C)nc(N(C)C)n2)n1. The predicted octanol–water partition coefficient (Wildman–Crippen LogP) is 1.06. The van der Waals surface area contributed by atoms with Gasteiger partial charge in [-0.15, -0.1) is 0 Å². The summed E-state index contributed by atoms with van der Waals surface area (Å²) in [6, 6.07) is 0. The van der Waals surface area contributed by atoms with Crippen LogP contribution >= 0.6 is 23.4 Å². The highest BCUT2D eigenvalue weighted by molar-refractivity contribution is 7.99. The normalized spacial score (nSPS) is 10.6. The van der Waals surface area contributed by atoms with E-state index in [1.807, 2.05) is 52.1 Å². The number of anilines is 3. The van der Waals surface area contributed by atoms with Crippen molar-refractivity contribution >= 4 is 41.2 Å². The molecule has 0 aliphatic carbocycles. The monoisotopic (exact) mass is 355 g/mol. The van der Waals surface area contributed by atoms with Gasteiger partial charge in [0.05, 0.1) is 0 Å². The average molecular weight is 356 g/mol. The van der Waals surface area contributed by atoms with Crippen LogP contribution in [-0.4, -0.2) is 72.2 Å². The van der Waals surface area contributed by atoms with Crippen molar-refractivity contribution in [3.05, 3.63) is 5.28 Å². The molecule has 2 heterocycles. The Morgan fingerprint density at radius 3 is 1.43 bits per heavy atom. The van der Waals surface area contributed by atoms with Crippen LogP contribution in [0.1, 0.15) is 0 Å². The number of nitrogens with zero attached hydrogens (tertiary/aromatic N) is 9. The average Bonchev–Trinajstić information content (AvgIpc) is 2.46. The molecule has 0 spiro atoms. The Hall–Kier alpha value is -1.94. The van der Waals surface area contributed by atoms with Gasteiger partial charge in [-0.25, -0.2) is 0 Å². The molecular weight excluding hydrogens is 338 g/mol. The van der Waals surface area contributed by atoms with E-state index in [0.717, 1.165) is 0 Å². The van der Waals surface area contributed by atoms with Gasteiger partial charge in [-0.1, -0.05) is 0 Å². The van der Waals surface area contributed by atoms with Gasteiger partial charge in [0, 0.05) is 42.3 Å². The van der Waals surface area contributed by atoms with Crippen molar-refractivity contribution < 1.29 is 0 Å². The van der Waals surface area contributed by atoms with Gasteiger partial charge in [-0.3, -0.25) is 0 Å². The van der Waals surface area contributed by atoms with Crippen molar-refractivity contribution in [3.63, 3.8) is 0 Å². The minimum Gasteiger partial charge on any atom is -0.347 e. The molecule has 0 unspecified atom stereocenters. The van der Waals surface area contributed by atoms with Crippen LogP contribution in [-0.2, 0) is 0 Å². The second kappa shape index (κ2) is 7.09. The molecule has 0 fully saturated rings. The van der Waals surface area contributed by atoms with Crippen LogP contribution in [0.25, 0.3) is 0 Å². The van der Waals surface area contributed by atoms with Crippen molar-refractivity contribution in [2.24, 2.45) is 0 Å². The van der Waals surface area contributed by atoms with Crippen LogP contribution in [0.3, 0.4) is 0 Å². The standard InChI is InChI=1S/C12H18ClN9S/c1-20(2)8-14-7(13)15-11(17-8)23-12-18-9(21(3)4)16-10(19-12)22(5)6/h1-6H3. The fourth-order valence-electron chi connectivity index (χ4n) is 1.43. The van der Waals surface area contributed by atoms with Gasteiger partial charge >= 0.3 is 0 Å². The van der Waals surface area contributed by atoms with E-state index in [1.165, 1.54) is 11.8 Å². The van der Waals surface area contributed by atoms with E-state index in [0.29, 0.717) is 28.2 Å². The summed E-state index contributed by atoms with van der Waals surface area (Å²) in [7, 11) is 11.1. The molecule has 0 bridgehead atoms. The lowest BCUT2D eigenvalue weighted by molar-refractivity contribution is 0.826. The third kappa shape index (κ3) is 4.52. The summed E-state index contributed by atoms with van der Waals surface area (Å²) in [6.07, 6.45) is 0. The first kappa shape index (κ1) is 17.4. The van der Waals surface area contributed by atoms with Crippen molar-refractivity contribution in [1.29, 1.82) is 0 Å². The first-order valence-corrected chi connectivity index (χ1v) is 7.83. The Morgan fingerprint density at radius 2 is 1.00 bits per heavy atom. The van der Waals surface area contributed by atoms with Crippen LogP contribution in [0.15, 0.2) is 10.3 Å². The Kier molecular flexibility index (Phi) is 5.37. The first-order chi connectivity index (χ1) is 10.8. The fourth-order valence-corrected chi connectivity index (χ4v) is 2.31. The van der Waals surface area contributed by atoms with E-state index in [9.17, 15) is 0 Å². The summed E-state index contributed by atoms with van der Waals surface area (Å²) in [6.45, 7) is 0. The van der Waals surface area contributed by atoms with Gasteiger partial charge in [0.15, 0.2) is 0 Å². The van der Waals surface area contributed by atoms with E-state index >= 15 is 0 Å². The quantitative estimate of drug-likeness (QED) is 0.775. The van der Waals surface area contributed by atoms with Crippen molar-refractivity contribution in [2.45, 2.75) is 10.3 Å². The van der Waals surface area contributed by atoms with Gasteiger partial charge in [0.2, 0.25) is 33.4 Å². The molecule has 124 valence electrons. The van der Waals surface area contributed by atoms with Crippen LogP contribution in [0.5, 0.6) is 0 Å². The van der Waals surface area contributed by atoms with Crippen molar-refractivity contribution in [1.82, 2.24) is 29.9 Å². The largest absolute Gasteiger partial charge is 0.347 e. The van der Waals surface area contributed by atoms with Crippen LogP contribution in [0, 0.1) is 0 Å². The number of aromatic nitrogens is 6. The maximum atomic E-state index is 5.95. The topological polar surface area (TPSA) is 87.1 Å². The number of halogens is 1. The van der Waals surface area contributed by atoms with Crippen molar-refractivity contribution in [2.75, 3.05) is 57.0 Å². The molecule has 0 saturated heterocycles. The van der Waals surface area contributed by atoms with Crippen LogP contribution in [0.2, 0.25) is 5.28 Å². The molecule has 2 aromatic heterocycles. The Labute approximate surface area is 144 Å². The Morgan fingerprint density at radius 1 is 0.609 bits per heavy atom. The minimum atomic E-state index is 0.126. The summed E-state index contributed by atoms with van der Waals surface area (Å²) in [5, 5.41) is 1.04. The third-order valence-electron chi connectivity index (χ3n) is 2.55. The van der Waals surface area contributed by atoms with E-state index in [2.05, 4.69) is 29.9 Å². The fraction of sp³-hybridized carbons (Fsp3) is 0.500. The lowest BCUT2D eigenvalue weighted by atomic mass is 10.7. The lowest BCUT2D eigenvalue weighted by Crippen LogP contribution is -2.19. The highest BCUT2D eigenvalue weighted by atomic mass is 35.5. The molecule has 9 nitrogen and oxygen atoms in total. The maximum Gasteiger partial charge on any atom is 0.230 e. The van der Waals surface area contributed by atoms with Gasteiger partial charge < -0.3 is 14.7 Å². The van der Waals surface area contributed by atoms with Crippen molar-refractivity contribution in [3.8, 4) is 0 Å². The van der Waals surface area contributed by atoms with E-state index in [-0.39, 0.29) is 5.28 Å². The summed E-state index contributed by atoms with van der Waals surface area (Å²) < 4.78 is 0. The second-order valence-corrected chi connectivity index (χ2v) is 6.46. The molecule has 0 saturated carbocycles. The third-order valence-corrected chi connectivity index (χ3v) is 3.45. The predicted molar refractivity (Wildman–Crippen MR) is 91.8 cm³/mol. The molecule has 0 atom stereocenters. The highest BCUT2D eigenvalue weighted by Crippen LogP contribution is 2.25. The summed E-state index contributed by atoms with van der Waals surface area (Å²) >= 11 is 7.16. The molecule has 0 radical (unpaired) electrons. The van der Waals surface area contributed by atoms with E-state index in [4.69, 9.17) is 11.6 Å². The minimum absolute atomic E-state index is 0.126. The lowest BCUT2D eigenvalue weighted by Gasteiger charge is -2.16. The first-order valence-electron chi connectivity index (χ1n) is 6.63. The van der Waals surface area contributed by atoms with Gasteiger partial charge in [0.25, 0.3) is 0 Å². The van der Waals surface area contributed by atoms with E-state index < -0.39 is 0 Å². The molecule has 0 aliphatic heterocycles. The Balaban J connectivity index is 2.39. The second-order valence-electron chi connectivity index (χ2n) is 5.19. The molecule has 0 aromatic carbocycles. The molecule has 0 aliphatic rings. The van der Waals surface area contributed by atoms with Gasteiger partial charge in [-0.2, -0.15) is 29.9 Å². The highest BCUT2D eigenvalue weighted by Gasteiger charge is 2.14. The summed E-state index contributed by atoms with van der Waals surface area (Å²) in [4.78, 5) is 31.0. The molecule has 2 aromatic rings. The smallest absolute Gasteiger partial charge is 0.230 e. The summed E-state index contributed by atoms with van der Waals surface area (Å²) in [5.74, 6) is 1.58. The molecule has 11 heteroatoms. The maximum absolute atomic E-state index is 5.95. The van der Waals surface area contributed by atoms with E-state index in [1.54, 1.807) is 4.90 Å². The van der Waals surface area contributed by atoms with Gasteiger partial charge in [0.1, 0.15) is 0 Å². The van der Waals surface area contributed by atoms with Crippen LogP contribution in [0.4, 0.5) is 17.8 Å². The zero-order valence-electron chi connectivity index (χ0n) is 13.8. The number of hydrogen-bond acceptors (Lipinski definition) is 10. The van der Waals surface area contributed by atoms with Crippen LogP contribution < -0.4 is 14.7 Å². The molecule has 23 heavy (non-hydrogen) atoms. The van der Waals surface area contributed by atoms with Gasteiger partial charge in [-0.05, 0) is 23.4 Å². The summed E-state index contributed by atoms with van der Waals surface area (Å²) in [5.41, 5.74) is 0. The zero-order chi connectivity index (χ0) is 17.1. The molecular formula is C12H18ClN9S.